The van der Waals surface area contributed by atoms with Gasteiger partial charge in [-0.05, 0) is 36.2 Å². The number of rotatable bonds is 6. The zero-order chi connectivity index (χ0) is 15.2. The maximum Gasteiger partial charge on any atom is 0.126 e. The summed E-state index contributed by atoms with van der Waals surface area (Å²) in [7, 11) is 0. The van der Waals surface area contributed by atoms with Gasteiger partial charge in [0.25, 0.3) is 0 Å². The van der Waals surface area contributed by atoms with Gasteiger partial charge >= 0.3 is 0 Å². The number of nitrogens with two attached hydrogens (primary N) is 1. The Hall–Kier alpha value is -1.14. The summed E-state index contributed by atoms with van der Waals surface area (Å²) in [5.41, 5.74) is 3.24. The molecule has 0 bridgehead atoms. The zero-order valence-electron chi connectivity index (χ0n) is 11.2. The highest BCUT2D eigenvalue weighted by Gasteiger charge is 2.11. The van der Waals surface area contributed by atoms with Crippen molar-refractivity contribution in [2.75, 3.05) is 5.75 Å². The van der Waals surface area contributed by atoms with Gasteiger partial charge < -0.3 is 0 Å². The van der Waals surface area contributed by atoms with Gasteiger partial charge in [-0.3, -0.25) is 11.3 Å². The molecule has 0 saturated carbocycles. The lowest BCUT2D eigenvalue weighted by Crippen LogP contribution is -2.38. The van der Waals surface area contributed by atoms with E-state index in [9.17, 15) is 8.78 Å². The molecule has 0 amide bonds. The first kappa shape index (κ1) is 16.2. The molecule has 112 valence electrons. The fourth-order valence-corrected chi connectivity index (χ4v) is 3.21. The molecule has 0 heterocycles. The molecule has 2 rings (SSSR count). The predicted molar refractivity (Wildman–Crippen MR) is 83.3 cm³/mol. The van der Waals surface area contributed by atoms with E-state index in [0.29, 0.717) is 22.8 Å². The van der Waals surface area contributed by atoms with E-state index in [2.05, 4.69) is 5.43 Å². The second-order valence-corrected chi connectivity index (χ2v) is 6.06. The standard InChI is InChI=1S/C15H15ClF2N2S/c16-14-3-1-2-4-15(14)21-9-13(20-19)7-10-5-11(17)8-12(18)6-10/h1-6,8,13,20H,7,9,19H2. The fourth-order valence-electron chi connectivity index (χ4n) is 1.93. The highest BCUT2D eigenvalue weighted by molar-refractivity contribution is 7.99. The summed E-state index contributed by atoms with van der Waals surface area (Å²) in [6.45, 7) is 0. The highest BCUT2D eigenvalue weighted by Crippen LogP contribution is 2.27. The molecular weight excluding hydrogens is 314 g/mol. The summed E-state index contributed by atoms with van der Waals surface area (Å²) in [5, 5.41) is 0.676. The van der Waals surface area contributed by atoms with Crippen LogP contribution in [0.5, 0.6) is 0 Å². The molecular formula is C15H15ClF2N2S. The number of thioether (sulfide) groups is 1. The Bertz CT molecular complexity index is 590. The summed E-state index contributed by atoms with van der Waals surface area (Å²) in [5.74, 6) is 4.98. The normalized spacial score (nSPS) is 12.4. The van der Waals surface area contributed by atoms with E-state index in [1.165, 1.54) is 12.1 Å². The van der Waals surface area contributed by atoms with Crippen molar-refractivity contribution in [1.29, 1.82) is 0 Å². The van der Waals surface area contributed by atoms with Crippen molar-refractivity contribution in [3.05, 3.63) is 64.7 Å². The smallest absolute Gasteiger partial charge is 0.126 e. The Kier molecular flexibility index (Phi) is 5.99. The van der Waals surface area contributed by atoms with Gasteiger partial charge in [0.1, 0.15) is 11.6 Å². The van der Waals surface area contributed by atoms with Gasteiger partial charge in [0.2, 0.25) is 0 Å². The molecule has 1 unspecified atom stereocenters. The van der Waals surface area contributed by atoms with E-state index < -0.39 is 11.6 Å². The van der Waals surface area contributed by atoms with Crippen LogP contribution in [0.4, 0.5) is 8.78 Å². The van der Waals surface area contributed by atoms with Crippen LogP contribution in [0.1, 0.15) is 5.56 Å². The van der Waals surface area contributed by atoms with Crippen LogP contribution < -0.4 is 11.3 Å². The van der Waals surface area contributed by atoms with E-state index in [-0.39, 0.29) is 6.04 Å². The van der Waals surface area contributed by atoms with Crippen LogP contribution in [0.15, 0.2) is 47.4 Å². The minimum absolute atomic E-state index is 0.118. The van der Waals surface area contributed by atoms with Crippen LogP contribution in [0.2, 0.25) is 5.02 Å². The third-order valence-electron chi connectivity index (χ3n) is 2.92. The van der Waals surface area contributed by atoms with E-state index in [1.807, 2.05) is 24.3 Å². The van der Waals surface area contributed by atoms with Crippen molar-refractivity contribution >= 4 is 23.4 Å². The molecule has 2 aromatic carbocycles. The second kappa shape index (κ2) is 7.75. The number of hydrazine groups is 1. The number of halogens is 3. The summed E-state index contributed by atoms with van der Waals surface area (Å²) in [6, 6.07) is 10.9. The lowest BCUT2D eigenvalue weighted by atomic mass is 10.1. The van der Waals surface area contributed by atoms with Crippen molar-refractivity contribution in [2.45, 2.75) is 17.4 Å². The van der Waals surface area contributed by atoms with Crippen LogP contribution >= 0.6 is 23.4 Å². The summed E-state index contributed by atoms with van der Waals surface area (Å²) < 4.78 is 26.3. The van der Waals surface area contributed by atoms with Crippen molar-refractivity contribution < 1.29 is 8.78 Å². The molecule has 2 aromatic rings. The average molecular weight is 329 g/mol. The van der Waals surface area contributed by atoms with Gasteiger partial charge in [0, 0.05) is 22.8 Å². The Morgan fingerprint density at radius 3 is 2.43 bits per heavy atom. The summed E-state index contributed by atoms with van der Waals surface area (Å²) >= 11 is 7.63. The molecule has 3 N–H and O–H groups in total. The first-order valence-electron chi connectivity index (χ1n) is 6.37. The molecule has 1 atom stereocenters. The van der Waals surface area contributed by atoms with Gasteiger partial charge in [-0.25, -0.2) is 8.78 Å². The molecule has 2 nitrogen and oxygen atoms in total. The Labute approximate surface area is 131 Å². The third kappa shape index (κ3) is 4.97. The molecule has 0 radical (unpaired) electrons. The maximum absolute atomic E-state index is 13.2. The monoisotopic (exact) mass is 328 g/mol. The second-order valence-electron chi connectivity index (χ2n) is 4.59. The van der Waals surface area contributed by atoms with Gasteiger partial charge in [0.05, 0.1) is 5.02 Å². The minimum Gasteiger partial charge on any atom is -0.271 e. The first-order valence-corrected chi connectivity index (χ1v) is 7.73. The van der Waals surface area contributed by atoms with E-state index >= 15 is 0 Å². The zero-order valence-corrected chi connectivity index (χ0v) is 12.7. The van der Waals surface area contributed by atoms with E-state index in [1.54, 1.807) is 11.8 Å². The van der Waals surface area contributed by atoms with Crippen molar-refractivity contribution in [2.24, 2.45) is 5.84 Å². The molecule has 0 aliphatic heterocycles. The van der Waals surface area contributed by atoms with Gasteiger partial charge in [-0.2, -0.15) is 0 Å². The van der Waals surface area contributed by atoms with E-state index in [4.69, 9.17) is 17.4 Å². The highest BCUT2D eigenvalue weighted by atomic mass is 35.5. The van der Waals surface area contributed by atoms with Crippen LogP contribution in [-0.4, -0.2) is 11.8 Å². The summed E-state index contributed by atoms with van der Waals surface area (Å²) in [6.07, 6.45) is 0.433. The SMILES string of the molecule is NNC(CSc1ccccc1Cl)Cc1cc(F)cc(F)c1. The van der Waals surface area contributed by atoms with Gasteiger partial charge in [-0.15, -0.1) is 11.8 Å². The molecule has 0 aliphatic rings. The van der Waals surface area contributed by atoms with Crippen molar-refractivity contribution in [3.8, 4) is 0 Å². The largest absolute Gasteiger partial charge is 0.271 e. The average Bonchev–Trinajstić information content (AvgIpc) is 2.44. The molecule has 0 spiro atoms. The Balaban J connectivity index is 1.98. The molecule has 0 saturated heterocycles. The number of nitrogens with one attached hydrogen (secondary N) is 1. The lowest BCUT2D eigenvalue weighted by Gasteiger charge is -2.16. The topological polar surface area (TPSA) is 38.0 Å². The minimum atomic E-state index is -0.584. The maximum atomic E-state index is 13.2. The predicted octanol–water partition coefficient (Wildman–Crippen LogP) is 3.78. The molecule has 0 fully saturated rings. The quantitative estimate of drug-likeness (QED) is 0.481. The van der Waals surface area contributed by atoms with E-state index in [0.717, 1.165) is 11.0 Å². The van der Waals surface area contributed by atoms with Gasteiger partial charge in [-0.1, -0.05) is 23.7 Å². The molecule has 6 heteroatoms. The van der Waals surface area contributed by atoms with Crippen LogP contribution in [0.25, 0.3) is 0 Å². The third-order valence-corrected chi connectivity index (χ3v) is 4.59. The Morgan fingerprint density at radius 1 is 1.14 bits per heavy atom. The van der Waals surface area contributed by atoms with Crippen LogP contribution in [0, 0.1) is 11.6 Å². The molecule has 0 aliphatic carbocycles. The summed E-state index contributed by atoms with van der Waals surface area (Å²) in [4.78, 5) is 0.949. The molecule has 21 heavy (non-hydrogen) atoms. The van der Waals surface area contributed by atoms with Crippen LogP contribution in [-0.2, 0) is 6.42 Å². The number of hydrogen-bond donors (Lipinski definition) is 2. The van der Waals surface area contributed by atoms with Crippen molar-refractivity contribution in [1.82, 2.24) is 5.43 Å². The van der Waals surface area contributed by atoms with Crippen molar-refractivity contribution in [3.63, 3.8) is 0 Å². The number of hydrogen-bond acceptors (Lipinski definition) is 3. The van der Waals surface area contributed by atoms with Crippen LogP contribution in [0.3, 0.4) is 0 Å². The van der Waals surface area contributed by atoms with Gasteiger partial charge in [0.15, 0.2) is 0 Å². The lowest BCUT2D eigenvalue weighted by molar-refractivity contribution is 0.556. The number of benzene rings is 2. The first-order chi connectivity index (χ1) is 10.1. The molecule has 0 aromatic heterocycles. The fraction of sp³-hybridized carbons (Fsp3) is 0.200. The Morgan fingerprint density at radius 2 is 1.81 bits per heavy atom.